The van der Waals surface area contributed by atoms with Crippen LogP contribution < -0.4 is 0 Å². The number of halogens is 6. The number of sulfone groups is 2. The molecule has 0 unspecified atom stereocenters. The van der Waals surface area contributed by atoms with E-state index < -0.39 is 74.6 Å². The largest absolute Gasteiger partial charge is 0.465 e. The molecule has 0 saturated carbocycles. The van der Waals surface area contributed by atoms with Crippen molar-refractivity contribution < 1.29 is 62.2 Å². The average molecular weight is 651 g/mol. The van der Waals surface area contributed by atoms with Crippen molar-refractivity contribution in [3.63, 3.8) is 0 Å². The highest BCUT2D eigenvalue weighted by Gasteiger charge is 2.46. The van der Waals surface area contributed by atoms with E-state index in [0.29, 0.717) is 24.5 Å². The van der Waals surface area contributed by atoms with E-state index in [4.69, 9.17) is 0 Å². The van der Waals surface area contributed by atoms with Crippen molar-refractivity contribution >= 4 is 31.6 Å². The Kier molecular flexibility index (Phi) is 11.3. The van der Waals surface area contributed by atoms with Gasteiger partial charge >= 0.3 is 24.3 Å². The number of carbonyl (C=O) groups excluding carboxylic acids is 2. The van der Waals surface area contributed by atoms with Crippen LogP contribution in [0.15, 0.2) is 46.5 Å². The van der Waals surface area contributed by atoms with Crippen LogP contribution in [-0.4, -0.2) is 61.4 Å². The third kappa shape index (κ3) is 7.96. The molecule has 0 N–H and O–H groups in total. The molecule has 0 aromatic carbocycles. The lowest BCUT2D eigenvalue weighted by Gasteiger charge is -2.22. The summed E-state index contributed by atoms with van der Waals surface area (Å²) in [5.74, 6) is -1.96. The third-order valence-electron chi connectivity index (χ3n) is 5.55. The minimum Gasteiger partial charge on any atom is -0.465 e. The van der Waals surface area contributed by atoms with Crippen molar-refractivity contribution in [3.05, 3.63) is 48.0 Å². The molecule has 0 spiro atoms. The molecule has 18 heteroatoms. The van der Waals surface area contributed by atoms with Crippen molar-refractivity contribution in [1.29, 1.82) is 0 Å². The lowest BCUT2D eigenvalue weighted by Crippen LogP contribution is -2.42. The second-order valence-electron chi connectivity index (χ2n) is 9.22. The highest BCUT2D eigenvalue weighted by Crippen LogP contribution is 2.32. The van der Waals surface area contributed by atoms with E-state index in [1.54, 1.807) is 0 Å². The van der Waals surface area contributed by atoms with E-state index in [0.717, 1.165) is 39.8 Å². The molecule has 0 aliphatic carbocycles. The van der Waals surface area contributed by atoms with Gasteiger partial charge in [0.15, 0.2) is 29.2 Å². The zero-order valence-corrected chi connectivity index (χ0v) is 24.8. The van der Waals surface area contributed by atoms with E-state index in [1.807, 2.05) is 0 Å². The topological polar surface area (TPSA) is 147 Å². The number of esters is 2. The Labute approximate surface area is 238 Å². The van der Waals surface area contributed by atoms with Crippen molar-refractivity contribution in [3.8, 4) is 0 Å². The first-order chi connectivity index (χ1) is 18.9. The van der Waals surface area contributed by atoms with E-state index in [2.05, 4.69) is 19.4 Å². The third-order valence-corrected chi connectivity index (χ3v) is 10.3. The zero-order chi connectivity index (χ0) is 32.9. The maximum absolute atomic E-state index is 12.4. The number of rotatable bonds is 8. The normalized spacial score (nSPS) is 13.0. The van der Waals surface area contributed by atoms with Crippen LogP contribution in [0.2, 0.25) is 0 Å². The van der Waals surface area contributed by atoms with Crippen LogP contribution in [0, 0.1) is 0 Å². The van der Waals surface area contributed by atoms with Crippen LogP contribution in [-0.2, 0) is 51.1 Å². The summed E-state index contributed by atoms with van der Waals surface area (Å²) in [5.41, 5.74) is -2.43. The van der Waals surface area contributed by atoms with Gasteiger partial charge in [-0.15, -0.1) is 0 Å². The van der Waals surface area contributed by atoms with Crippen LogP contribution in [0.5, 0.6) is 0 Å². The molecule has 2 aromatic heterocycles. The van der Waals surface area contributed by atoms with Crippen molar-refractivity contribution in [2.24, 2.45) is 0 Å². The molecule has 0 aliphatic rings. The van der Waals surface area contributed by atoms with Crippen molar-refractivity contribution in [1.82, 2.24) is 9.97 Å². The second kappa shape index (κ2) is 12.9. The minimum absolute atomic E-state index is 0.0109. The fraction of sp³-hybridized carbons (Fsp3) is 0.500. The Morgan fingerprint density at radius 2 is 0.929 bits per heavy atom. The van der Waals surface area contributed by atoms with E-state index in [9.17, 15) is 52.8 Å². The first-order valence-electron chi connectivity index (χ1n) is 11.8. The number of hydrogen-bond donors (Lipinski definition) is 0. The number of hydrogen-bond acceptors (Lipinski definition) is 10. The average Bonchev–Trinajstić information content (AvgIpc) is 2.88. The van der Waals surface area contributed by atoms with Gasteiger partial charge in [0.2, 0.25) is 0 Å². The summed E-state index contributed by atoms with van der Waals surface area (Å²) < 4.78 is 129. The van der Waals surface area contributed by atoms with E-state index >= 15 is 0 Å². The first kappa shape index (κ1) is 36.7. The van der Waals surface area contributed by atoms with Gasteiger partial charge in [0.05, 0.1) is 23.0 Å². The van der Waals surface area contributed by atoms with Gasteiger partial charge in [-0.25, -0.2) is 16.8 Å². The maximum Gasteiger partial charge on any atom is 0.433 e. The molecule has 0 bridgehead atoms. The van der Waals surface area contributed by atoms with E-state index in [1.165, 1.54) is 13.8 Å². The van der Waals surface area contributed by atoms with E-state index in [-0.39, 0.29) is 13.2 Å². The van der Waals surface area contributed by atoms with Gasteiger partial charge in [0, 0.05) is 12.4 Å². The lowest BCUT2D eigenvalue weighted by molar-refractivity contribution is -0.146. The Balaban J connectivity index is 0.000000420. The van der Waals surface area contributed by atoms with Gasteiger partial charge < -0.3 is 9.47 Å². The van der Waals surface area contributed by atoms with Crippen LogP contribution in [0.1, 0.15) is 52.9 Å². The fourth-order valence-corrected chi connectivity index (χ4v) is 5.44. The molecule has 2 aromatic rings. The number of pyridine rings is 2. The molecule has 0 saturated heterocycles. The first-order valence-corrected chi connectivity index (χ1v) is 14.8. The summed E-state index contributed by atoms with van der Waals surface area (Å²) in [7, 11) is -8.45. The van der Waals surface area contributed by atoms with Crippen molar-refractivity contribution in [2.45, 2.75) is 73.2 Å². The summed E-state index contributed by atoms with van der Waals surface area (Å²) in [6.07, 6.45) is -8.17. The predicted octanol–water partition coefficient (Wildman–Crippen LogP) is 4.43. The molecule has 2 rings (SSSR count). The summed E-state index contributed by atoms with van der Waals surface area (Å²) in [5, 5.41) is 0. The summed E-state index contributed by atoms with van der Waals surface area (Å²) in [6.45, 7) is 7.50. The number of nitrogens with zero attached hydrogens (tertiary/aromatic N) is 2. The molecule has 0 amide bonds. The maximum atomic E-state index is 12.4. The molecular weight excluding hydrogens is 622 g/mol. The Hall–Kier alpha value is -3.28. The SMILES string of the molecule is CCOC(=O)C(C)(C)S(=O)(=O)c1ccc(C(F)(F)F)nc1.CCOC(=O)C(C)(C)S(=O)(=O)c1ccc(C(F)(F)F)nc1. The molecule has 42 heavy (non-hydrogen) atoms. The molecular formula is C24H28F6N2O8S2. The van der Waals surface area contributed by atoms with Gasteiger partial charge in [0.1, 0.15) is 11.4 Å². The number of aromatic nitrogens is 2. The van der Waals surface area contributed by atoms with Gasteiger partial charge in [-0.1, -0.05) is 0 Å². The second-order valence-corrected chi connectivity index (χ2v) is 14.2. The Morgan fingerprint density at radius 1 is 0.643 bits per heavy atom. The standard InChI is InChI=1S/2C12H14F3NO4S/c2*1-4-20-10(17)11(2,3)21(18,19)8-5-6-9(16-7-8)12(13,14)15/h2*5-7H,4H2,1-3H3. The highest BCUT2D eigenvalue weighted by atomic mass is 32.2. The zero-order valence-electron chi connectivity index (χ0n) is 23.1. The molecule has 0 fully saturated rings. The van der Waals surface area contributed by atoms with Crippen molar-refractivity contribution in [2.75, 3.05) is 13.2 Å². The molecule has 0 aliphatic heterocycles. The highest BCUT2D eigenvalue weighted by molar-refractivity contribution is 7.93. The summed E-state index contributed by atoms with van der Waals surface area (Å²) >= 11 is 0. The van der Waals surface area contributed by atoms with Crippen LogP contribution >= 0.6 is 0 Å². The molecule has 236 valence electrons. The summed E-state index contributed by atoms with van der Waals surface area (Å²) in [4.78, 5) is 28.6. The quantitative estimate of drug-likeness (QED) is 0.297. The fourth-order valence-electron chi connectivity index (χ4n) is 2.83. The summed E-state index contributed by atoms with van der Waals surface area (Å²) in [6, 6.07) is 2.64. The number of carbonyl (C=O) groups is 2. The predicted molar refractivity (Wildman–Crippen MR) is 134 cm³/mol. The van der Waals surface area contributed by atoms with Crippen LogP contribution in [0.4, 0.5) is 26.3 Å². The molecule has 2 heterocycles. The smallest absolute Gasteiger partial charge is 0.433 e. The van der Waals surface area contributed by atoms with Gasteiger partial charge in [0.25, 0.3) is 0 Å². The minimum atomic E-state index is -4.67. The molecule has 0 atom stereocenters. The molecule has 10 nitrogen and oxygen atoms in total. The Morgan fingerprint density at radius 3 is 1.12 bits per heavy atom. The number of alkyl halides is 6. The Bertz CT molecular complexity index is 1360. The van der Waals surface area contributed by atoms with Crippen LogP contribution in [0.3, 0.4) is 0 Å². The van der Waals surface area contributed by atoms with Gasteiger partial charge in [-0.3, -0.25) is 19.6 Å². The number of ether oxygens (including phenoxy) is 2. The molecule has 0 radical (unpaired) electrons. The van der Waals surface area contributed by atoms with Gasteiger partial charge in [-0.2, -0.15) is 26.3 Å². The van der Waals surface area contributed by atoms with Crippen LogP contribution in [0.25, 0.3) is 0 Å². The lowest BCUT2D eigenvalue weighted by atomic mass is 10.2. The monoisotopic (exact) mass is 650 g/mol. The van der Waals surface area contributed by atoms with Gasteiger partial charge in [-0.05, 0) is 65.8 Å².